The molecule has 120 heavy (non-hydrogen) atoms. The Balaban J connectivity index is 0.00000208. The van der Waals surface area contributed by atoms with Crippen molar-refractivity contribution in [3.8, 4) is 11.1 Å². The molecule has 1 heterocycles. The summed E-state index contributed by atoms with van der Waals surface area (Å²) in [6.07, 6.45) is 0. The van der Waals surface area contributed by atoms with Crippen molar-refractivity contribution in [1.29, 1.82) is 0 Å². The second kappa shape index (κ2) is 119. The second-order valence-corrected chi connectivity index (χ2v) is 185. The molecule has 0 saturated heterocycles. The maximum Gasteiger partial charge on any atom is 0.0471 e. The highest BCUT2D eigenvalue weighted by atomic mass is 33.6. The van der Waals surface area contributed by atoms with Crippen LogP contribution in [0.3, 0.4) is 0 Å². The van der Waals surface area contributed by atoms with E-state index in [1.54, 1.807) is 107 Å². The molecule has 101 heteroatoms. The van der Waals surface area contributed by atoms with Gasteiger partial charge in [0.2, 0.25) is 0 Å². The van der Waals surface area contributed by atoms with Gasteiger partial charge < -0.3 is 4.98 Å². The molecule has 0 unspecified atom stereocenters. The Kier molecular flexibility index (Phi) is 134. The summed E-state index contributed by atoms with van der Waals surface area (Å²) in [6, 6.07) is 25.5. The Morgan fingerprint density at radius 3 is 0.442 bits per heavy atom. The minimum atomic E-state index is 0. The third-order valence-corrected chi connectivity index (χ3v) is 222. The Hall–Kier alpha value is 19.5. The standard InChI is InChI=1S/C18H13N.CH4.S100/c1-2-6-13(7-3-1)14-10-11-16-15-8-4-5-9-17(15)19-18(16)12-14;;1-3-5-7-9-11-13-15-17-19-21-23-25-27-29-31-33-35-37-39-41-43-45-47-49-51-53-55-57-59-61-63-65-67-69-71-73-75-77-79-81-83-85-87-89-91-93-95-97-99-100-98-96-94-92-90-88-86-84-82-80-78-76-74-72-70-68-66-64-62-60-58-56-54-52-50-48-46-44-42-40-38-36-34-32-30-28-26-24-22-20-18-16-14-12-10-8-6-4-2/h1-12,19H;1H4;. The average molecular weight is 3470 g/mol. The van der Waals surface area contributed by atoms with Crippen LogP contribution in [-0.2, 0) is 893 Å². The number of benzene rings is 3. The van der Waals surface area contributed by atoms with E-state index >= 15 is 0 Å². The van der Waals surface area contributed by atoms with Crippen LogP contribution in [0.2, 0.25) is 0 Å². The summed E-state index contributed by atoms with van der Waals surface area (Å²) in [5, 5.41) is 2.58. The van der Waals surface area contributed by atoms with E-state index in [-0.39, 0.29) is 7.43 Å². The van der Waals surface area contributed by atoms with Gasteiger partial charge in [-0.2, -0.15) is 0 Å². The Morgan fingerprint density at radius 2 is 0.275 bits per heavy atom. The van der Waals surface area contributed by atoms with E-state index in [1.807, 2.05) is 752 Å². The molecule has 0 amide bonds. The van der Waals surface area contributed by atoms with E-state index in [4.69, 9.17) is 22.4 Å². The van der Waals surface area contributed by atoms with Gasteiger partial charge >= 0.3 is 0 Å². The predicted octanol–water partition coefficient (Wildman–Crippen LogP) is 5.38. The molecule has 0 aliphatic carbocycles. The second-order valence-electron chi connectivity index (χ2n) is 11.5. The van der Waals surface area contributed by atoms with Gasteiger partial charge in [0.25, 0.3) is 0 Å². The van der Waals surface area contributed by atoms with Crippen molar-refractivity contribution >= 4 is 914 Å². The summed E-state index contributed by atoms with van der Waals surface area (Å²) < 4.78 is 0. The number of rotatable bonds is 1. The van der Waals surface area contributed by atoms with Crippen LogP contribution in [0.5, 0.6) is 0 Å². The lowest BCUT2D eigenvalue weighted by Crippen LogP contribution is -1.76. The number of nitrogens with one attached hydrogen (secondary N) is 1. The monoisotopic (exact) mass is 3460 g/mol. The number of aromatic nitrogens is 1. The third-order valence-electron chi connectivity index (χ3n) is 6.31. The van der Waals surface area contributed by atoms with Gasteiger partial charge in [-0.15, -0.1) is 0 Å². The van der Waals surface area contributed by atoms with Gasteiger partial charge in [0, 0.05) is 914 Å². The number of hydrogen-bond acceptors (Lipinski definition) is 2. The molecule has 4 rings (SSSR count). The first kappa shape index (κ1) is 136. The topological polar surface area (TPSA) is 15.8 Å². The summed E-state index contributed by atoms with van der Waals surface area (Å²) in [5.41, 5.74) is 4.90. The summed E-state index contributed by atoms with van der Waals surface area (Å²) >= 11 is 9.66. The van der Waals surface area contributed by atoms with Crippen molar-refractivity contribution in [3.63, 3.8) is 0 Å². The Bertz CT molecular complexity index is 9080. The van der Waals surface area contributed by atoms with Gasteiger partial charge in [0.05, 0.1) is 0 Å². The van der Waals surface area contributed by atoms with Crippen LogP contribution in [0, 0.1) is 0 Å². The van der Waals surface area contributed by atoms with Gasteiger partial charge in [0.1, 0.15) is 0 Å². The smallest absolute Gasteiger partial charge is 0.0471 e. The highest BCUT2D eigenvalue weighted by molar-refractivity contribution is 8.87. The van der Waals surface area contributed by atoms with Crippen LogP contribution >= 0.6 is 0 Å². The third kappa shape index (κ3) is 99.4. The van der Waals surface area contributed by atoms with Crippen molar-refractivity contribution in [1.82, 2.24) is 4.98 Å². The summed E-state index contributed by atoms with van der Waals surface area (Å²) in [7, 11) is 177. The van der Waals surface area contributed by atoms with Gasteiger partial charge in [-0.3, -0.25) is 0 Å². The molecule has 0 bridgehead atoms. The van der Waals surface area contributed by atoms with E-state index in [0.29, 0.717) is 0 Å². The Morgan fingerprint density at radius 1 is 0.133 bits per heavy atom. The normalized spacial score (nSPS) is 8.33. The summed E-state index contributed by atoms with van der Waals surface area (Å²) in [6.45, 7) is 0. The maximum absolute atomic E-state index is 4.83. The zero-order valence-electron chi connectivity index (χ0n) is 51.3. The van der Waals surface area contributed by atoms with Crippen molar-refractivity contribution < 1.29 is 0 Å². The lowest BCUT2D eigenvalue weighted by molar-refractivity contribution is 1.54. The fourth-order valence-electron chi connectivity index (χ4n) is 3.75. The van der Waals surface area contributed by atoms with Crippen LogP contribution in [0.4, 0.5) is 0 Å². The fraction of sp³-hybridized carbons (Fsp3) is 0.0526. The van der Waals surface area contributed by atoms with Crippen molar-refractivity contribution in [2.75, 3.05) is 0 Å². The van der Waals surface area contributed by atoms with Crippen molar-refractivity contribution in [2.45, 2.75) is 7.43 Å². The van der Waals surface area contributed by atoms with Crippen LogP contribution < -0.4 is 0 Å². The molecule has 0 aliphatic heterocycles. The molecule has 698 valence electrons. The molecule has 0 aliphatic rings. The van der Waals surface area contributed by atoms with Crippen LogP contribution in [0.15, 0.2) is 72.8 Å². The molecule has 1 nitrogen and oxygen atoms in total. The zero-order chi connectivity index (χ0) is 84.0. The maximum atomic E-state index is 4.83. The van der Waals surface area contributed by atoms with Gasteiger partial charge in [-0.1, -0.05) is 68.1 Å². The van der Waals surface area contributed by atoms with Gasteiger partial charge in [0.15, 0.2) is 0 Å². The molecule has 0 fully saturated rings. The molecule has 0 radical (unpaired) electrons. The molecular weight excluding hydrogens is 3450 g/mol. The van der Waals surface area contributed by atoms with E-state index in [9.17, 15) is 0 Å². The summed E-state index contributed by atoms with van der Waals surface area (Å²) in [5.74, 6) is 0. The number of fused-ring (bicyclic) bond motifs is 3. The number of aromatic amines is 1. The van der Waals surface area contributed by atoms with E-state index < -0.39 is 0 Å². The van der Waals surface area contributed by atoms with E-state index in [1.165, 1.54) is 50.7 Å². The SMILES string of the molecule is C.S=S=S=S=S=S=S=S=S=S=S=S=S=S=S=S=S=S=S=S=S=S=S=S=S=S=S=S=S=S=S=S=S=S=S=S=S=S=S=S=S=S=S=S=S=S=S=S=S=S=S=S=S=S=S=S=S=S=S=S=S=S=S=S=S=S=S=S=S=S=S=S=S=S=S=S=S=S=S=S=S=S=S=S=S=S=S=S=S=S=S=S=S=S=S=S=S=S=S=S.c1ccc(-c2ccc3c(c2)[nH]c2ccccc23)cc1. The van der Waals surface area contributed by atoms with Crippen LogP contribution in [-0.4, -0.2) is 4.98 Å². The number of para-hydroxylation sites is 1. The van der Waals surface area contributed by atoms with Gasteiger partial charge in [-0.05, 0) is 23.3 Å². The average Bonchev–Trinajstić information content (AvgIpc) is 1.64. The molecule has 4 aromatic rings. The number of hydrogen-bond donors (Lipinski definition) is 1. The molecule has 0 spiro atoms. The highest BCUT2D eigenvalue weighted by Gasteiger charge is 2.05. The highest BCUT2D eigenvalue weighted by Crippen LogP contribution is 2.29. The zero-order valence-corrected chi connectivity index (χ0v) is 133. The minimum Gasteiger partial charge on any atom is -0.354 e. The predicted molar refractivity (Wildman–Crippen MR) is 824 cm³/mol. The molecule has 1 aromatic heterocycles. The molecule has 0 atom stereocenters. The quantitative estimate of drug-likeness (QED) is 0.276. The number of H-pyrrole nitrogens is 1. The first-order valence-corrected chi connectivity index (χ1v) is 155. The molecule has 3 aromatic carbocycles. The molecular formula is C19H17NS100. The first-order chi connectivity index (χ1) is 59.3. The van der Waals surface area contributed by atoms with Crippen LogP contribution in [0.1, 0.15) is 7.43 Å². The van der Waals surface area contributed by atoms with E-state index in [0.717, 1.165) is 0 Å². The lowest BCUT2D eigenvalue weighted by atomic mass is 10.0. The van der Waals surface area contributed by atoms with Crippen molar-refractivity contribution in [2.24, 2.45) is 0 Å². The van der Waals surface area contributed by atoms with Gasteiger partial charge in [-0.25, -0.2) is 0 Å². The van der Waals surface area contributed by atoms with Crippen LogP contribution in [0.25, 0.3) is 32.9 Å². The Labute approximate surface area is 981 Å². The van der Waals surface area contributed by atoms with E-state index in [2.05, 4.69) is 71.7 Å². The summed E-state index contributed by atoms with van der Waals surface area (Å²) in [4.78, 5) is 3.49. The largest absolute Gasteiger partial charge is 0.354 e. The van der Waals surface area contributed by atoms with Crippen molar-refractivity contribution in [3.05, 3.63) is 72.8 Å². The minimum absolute atomic E-state index is 0. The fourth-order valence-corrected chi connectivity index (χ4v) is 267. The lowest BCUT2D eigenvalue weighted by Gasteiger charge is -2.01. The first-order valence-electron chi connectivity index (χ1n) is 23.0. The molecule has 1 N–H and O–H groups in total. The molecule has 0 saturated carbocycles.